The van der Waals surface area contributed by atoms with E-state index in [4.69, 9.17) is 5.73 Å². The maximum absolute atomic E-state index is 11.2. The van der Waals surface area contributed by atoms with Crippen LogP contribution in [0.2, 0.25) is 0 Å². The van der Waals surface area contributed by atoms with E-state index < -0.39 is 0 Å². The number of hydrogen-bond donors (Lipinski definition) is 2. The van der Waals surface area contributed by atoms with E-state index in [2.05, 4.69) is 20.5 Å². The average molecular weight is 298 g/mol. The topological polar surface area (TPSA) is 98.7 Å². The third-order valence-corrected chi connectivity index (χ3v) is 4.19. The maximum atomic E-state index is 11.2. The number of nitrogen functional groups attached to an aromatic ring is 1. The molecule has 0 radical (unpaired) electrons. The third kappa shape index (κ3) is 3.44. The summed E-state index contributed by atoms with van der Waals surface area (Å²) in [6.07, 6.45) is 0.581. The zero-order chi connectivity index (χ0) is 13.8. The van der Waals surface area contributed by atoms with Crippen LogP contribution in [0.4, 0.5) is 5.13 Å². The van der Waals surface area contributed by atoms with Crippen molar-refractivity contribution in [1.29, 1.82) is 0 Å². The highest BCUT2D eigenvalue weighted by molar-refractivity contribution is 7.99. The molecule has 0 aliphatic carbocycles. The highest BCUT2D eigenvalue weighted by Crippen LogP contribution is 2.18. The Kier molecular flexibility index (Phi) is 4.38. The summed E-state index contributed by atoms with van der Waals surface area (Å²) in [7, 11) is 3.48. The van der Waals surface area contributed by atoms with Gasteiger partial charge in [0.05, 0.1) is 17.9 Å². The number of thioether (sulfide) groups is 1. The average Bonchev–Trinajstić information content (AvgIpc) is 2.95. The van der Waals surface area contributed by atoms with E-state index in [9.17, 15) is 4.79 Å². The van der Waals surface area contributed by atoms with E-state index in [0.29, 0.717) is 22.5 Å². The minimum absolute atomic E-state index is 0.0400. The molecule has 0 saturated carbocycles. The Morgan fingerprint density at radius 3 is 3.00 bits per heavy atom. The molecule has 2 aromatic rings. The van der Waals surface area contributed by atoms with Crippen molar-refractivity contribution >= 4 is 34.1 Å². The van der Waals surface area contributed by atoms with Crippen molar-refractivity contribution < 1.29 is 4.79 Å². The van der Waals surface area contributed by atoms with Crippen molar-refractivity contribution in [2.75, 3.05) is 18.5 Å². The molecule has 2 heterocycles. The summed E-state index contributed by atoms with van der Waals surface area (Å²) in [4.78, 5) is 15.4. The molecule has 3 N–H and O–H groups in total. The van der Waals surface area contributed by atoms with E-state index in [-0.39, 0.29) is 5.91 Å². The molecule has 0 bridgehead atoms. The van der Waals surface area contributed by atoms with Gasteiger partial charge in [-0.25, -0.2) is 4.98 Å². The number of thiazole rings is 1. The van der Waals surface area contributed by atoms with Gasteiger partial charge in [-0.2, -0.15) is 0 Å². The molecule has 2 aromatic heterocycles. The molecule has 102 valence electrons. The summed E-state index contributed by atoms with van der Waals surface area (Å²) in [5.41, 5.74) is 6.46. The molecule has 0 aliphatic heterocycles. The molecule has 0 unspecified atom stereocenters. The Labute approximate surface area is 118 Å². The molecule has 0 atom stereocenters. The molecule has 2 rings (SSSR count). The standard InChI is InChI=1S/C10H14N6OS2/c1-12-8(17)5-19-10-15-14-7(16(10)2)3-6-4-18-9(11)13-6/h4H,3,5H2,1-2H3,(H2,11,13)(H,12,17). The van der Waals surface area contributed by atoms with Gasteiger partial charge in [-0.15, -0.1) is 21.5 Å². The number of nitrogens with zero attached hydrogens (tertiary/aromatic N) is 4. The van der Waals surface area contributed by atoms with Gasteiger partial charge >= 0.3 is 0 Å². The highest BCUT2D eigenvalue weighted by Gasteiger charge is 2.12. The van der Waals surface area contributed by atoms with Crippen LogP contribution in [-0.4, -0.2) is 38.5 Å². The van der Waals surface area contributed by atoms with E-state index in [1.54, 1.807) is 7.05 Å². The fraction of sp³-hybridized carbons (Fsp3) is 0.400. The monoisotopic (exact) mass is 298 g/mol. The predicted molar refractivity (Wildman–Crippen MR) is 75.1 cm³/mol. The lowest BCUT2D eigenvalue weighted by Crippen LogP contribution is -2.20. The van der Waals surface area contributed by atoms with Crippen LogP contribution in [0.3, 0.4) is 0 Å². The van der Waals surface area contributed by atoms with Crippen LogP contribution in [0.5, 0.6) is 0 Å². The second-order valence-corrected chi connectivity index (χ2v) is 5.61. The zero-order valence-electron chi connectivity index (χ0n) is 10.6. The van der Waals surface area contributed by atoms with Crippen molar-refractivity contribution in [3.8, 4) is 0 Å². The molecule has 0 saturated heterocycles. The smallest absolute Gasteiger partial charge is 0.230 e. The highest BCUT2D eigenvalue weighted by atomic mass is 32.2. The number of hydrogen-bond acceptors (Lipinski definition) is 7. The number of rotatable bonds is 5. The van der Waals surface area contributed by atoms with Gasteiger partial charge in [0, 0.05) is 19.5 Å². The quantitative estimate of drug-likeness (QED) is 0.769. The second-order valence-electron chi connectivity index (χ2n) is 3.77. The Morgan fingerprint density at radius 2 is 2.37 bits per heavy atom. The fourth-order valence-electron chi connectivity index (χ4n) is 1.39. The summed E-state index contributed by atoms with van der Waals surface area (Å²) in [6.45, 7) is 0. The Bertz CT molecular complexity index is 578. The van der Waals surface area contributed by atoms with Crippen molar-refractivity contribution in [3.63, 3.8) is 0 Å². The van der Waals surface area contributed by atoms with Crippen LogP contribution < -0.4 is 11.1 Å². The zero-order valence-corrected chi connectivity index (χ0v) is 12.2. The first-order chi connectivity index (χ1) is 9.10. The normalized spacial score (nSPS) is 10.6. The van der Waals surface area contributed by atoms with E-state index in [1.807, 2.05) is 17.0 Å². The largest absolute Gasteiger partial charge is 0.375 e. The molecule has 9 heteroatoms. The van der Waals surface area contributed by atoms with Gasteiger partial charge in [-0.3, -0.25) is 4.79 Å². The summed E-state index contributed by atoms with van der Waals surface area (Å²) < 4.78 is 1.86. The van der Waals surface area contributed by atoms with Crippen LogP contribution in [0.15, 0.2) is 10.5 Å². The molecule has 0 fully saturated rings. The first-order valence-corrected chi connectivity index (χ1v) is 7.38. The molecular weight excluding hydrogens is 284 g/mol. The molecule has 1 amide bonds. The van der Waals surface area contributed by atoms with Crippen LogP contribution in [-0.2, 0) is 18.3 Å². The molecule has 19 heavy (non-hydrogen) atoms. The van der Waals surface area contributed by atoms with Crippen LogP contribution in [0, 0.1) is 0 Å². The Morgan fingerprint density at radius 1 is 1.58 bits per heavy atom. The van der Waals surface area contributed by atoms with Gasteiger partial charge in [-0.05, 0) is 0 Å². The molecular formula is C10H14N6OS2. The minimum atomic E-state index is -0.0400. The van der Waals surface area contributed by atoms with Gasteiger partial charge in [0.25, 0.3) is 0 Å². The van der Waals surface area contributed by atoms with Crippen LogP contribution in [0.25, 0.3) is 0 Å². The fourth-order valence-corrected chi connectivity index (χ4v) is 2.76. The molecule has 0 spiro atoms. The van der Waals surface area contributed by atoms with Gasteiger partial charge in [0.1, 0.15) is 5.82 Å². The number of anilines is 1. The van der Waals surface area contributed by atoms with Crippen molar-refractivity contribution in [2.45, 2.75) is 11.6 Å². The summed E-state index contributed by atoms with van der Waals surface area (Å²) in [5.74, 6) is 1.08. The summed E-state index contributed by atoms with van der Waals surface area (Å²) in [6, 6.07) is 0. The van der Waals surface area contributed by atoms with Gasteiger partial charge in [-0.1, -0.05) is 11.8 Å². The van der Waals surface area contributed by atoms with E-state index >= 15 is 0 Å². The summed E-state index contributed by atoms with van der Waals surface area (Å²) in [5, 5.41) is 13.9. The van der Waals surface area contributed by atoms with Gasteiger partial charge in [0.15, 0.2) is 10.3 Å². The molecule has 0 aliphatic rings. The lowest BCUT2D eigenvalue weighted by molar-refractivity contribution is -0.118. The molecule has 0 aromatic carbocycles. The Hall–Kier alpha value is -1.61. The van der Waals surface area contributed by atoms with Crippen LogP contribution >= 0.6 is 23.1 Å². The lowest BCUT2D eigenvalue weighted by atomic mass is 10.3. The third-order valence-electron chi connectivity index (χ3n) is 2.45. The second kappa shape index (κ2) is 6.02. The SMILES string of the molecule is CNC(=O)CSc1nnc(Cc2csc(N)n2)n1C. The lowest BCUT2D eigenvalue weighted by Gasteiger charge is -2.02. The number of carbonyl (C=O) groups excluding carboxylic acids is 1. The van der Waals surface area contributed by atoms with Crippen molar-refractivity contribution in [3.05, 3.63) is 16.9 Å². The number of carbonyl (C=O) groups is 1. The molecule has 7 nitrogen and oxygen atoms in total. The van der Waals surface area contributed by atoms with Crippen molar-refractivity contribution in [2.24, 2.45) is 7.05 Å². The first kappa shape index (κ1) is 13.8. The number of nitrogens with two attached hydrogens (primary N) is 1. The predicted octanol–water partition coefficient (Wildman–Crippen LogP) is 0.283. The van der Waals surface area contributed by atoms with E-state index in [1.165, 1.54) is 23.1 Å². The first-order valence-electron chi connectivity index (χ1n) is 5.51. The van der Waals surface area contributed by atoms with E-state index in [0.717, 1.165) is 11.5 Å². The van der Waals surface area contributed by atoms with Gasteiger partial charge < -0.3 is 15.6 Å². The minimum Gasteiger partial charge on any atom is -0.375 e. The number of amides is 1. The maximum Gasteiger partial charge on any atom is 0.230 e. The van der Waals surface area contributed by atoms with Crippen LogP contribution in [0.1, 0.15) is 11.5 Å². The number of aromatic nitrogens is 4. The number of nitrogens with one attached hydrogen (secondary N) is 1. The van der Waals surface area contributed by atoms with Gasteiger partial charge in [0.2, 0.25) is 5.91 Å². The Balaban J connectivity index is 2.03. The summed E-state index contributed by atoms with van der Waals surface area (Å²) >= 11 is 2.76. The van der Waals surface area contributed by atoms with Crippen molar-refractivity contribution in [1.82, 2.24) is 25.1 Å².